The number of hydrogen-bond acceptors (Lipinski definition) is 2. The second kappa shape index (κ2) is 3.20. The molecule has 0 saturated carbocycles. The molecule has 68 valence electrons. The molecule has 0 aliphatic rings. The van der Waals surface area contributed by atoms with Gasteiger partial charge in [-0.15, -0.1) is 0 Å². The third-order valence-electron chi connectivity index (χ3n) is 2.28. The molecule has 1 heterocycles. The molecule has 0 atom stereocenters. The fourth-order valence-corrected chi connectivity index (χ4v) is 1.58. The van der Waals surface area contributed by atoms with Crippen LogP contribution in [-0.2, 0) is 13.2 Å². The second-order valence-electron chi connectivity index (χ2n) is 3.02. The van der Waals surface area contributed by atoms with Crippen molar-refractivity contribution in [3.63, 3.8) is 0 Å². The van der Waals surface area contributed by atoms with Crippen molar-refractivity contribution in [3.05, 3.63) is 35.5 Å². The van der Waals surface area contributed by atoms with E-state index in [1.807, 2.05) is 24.4 Å². The molecule has 2 rings (SSSR count). The van der Waals surface area contributed by atoms with Crippen LogP contribution in [-0.4, -0.2) is 10.1 Å². The number of aliphatic hydroxyl groups is 1. The highest BCUT2D eigenvalue weighted by Gasteiger charge is 2.04. The number of aromatic nitrogens is 1. The standard InChI is InChI=1S/C10H12N2O/c11-4-7-2-1-3-9-8(6-13)5-12-10(7)9/h1-3,5,12-13H,4,6,11H2. The van der Waals surface area contributed by atoms with Gasteiger partial charge in [-0.1, -0.05) is 18.2 Å². The molecule has 2 aromatic rings. The Morgan fingerprint density at radius 2 is 2.15 bits per heavy atom. The van der Waals surface area contributed by atoms with Crippen molar-refractivity contribution in [2.75, 3.05) is 0 Å². The molecule has 0 fully saturated rings. The molecule has 0 saturated heterocycles. The summed E-state index contributed by atoms with van der Waals surface area (Å²) < 4.78 is 0. The largest absolute Gasteiger partial charge is 0.392 e. The van der Waals surface area contributed by atoms with E-state index in [0.29, 0.717) is 6.54 Å². The van der Waals surface area contributed by atoms with Crippen LogP contribution in [0.15, 0.2) is 24.4 Å². The van der Waals surface area contributed by atoms with E-state index in [2.05, 4.69) is 4.98 Å². The van der Waals surface area contributed by atoms with Crippen LogP contribution >= 0.6 is 0 Å². The second-order valence-corrected chi connectivity index (χ2v) is 3.02. The number of aromatic amines is 1. The predicted molar refractivity (Wildman–Crippen MR) is 52.1 cm³/mol. The van der Waals surface area contributed by atoms with Crippen LogP contribution in [0.1, 0.15) is 11.1 Å². The number of nitrogens with one attached hydrogen (secondary N) is 1. The topological polar surface area (TPSA) is 62.0 Å². The first-order valence-corrected chi connectivity index (χ1v) is 4.25. The smallest absolute Gasteiger partial charge is 0.0702 e. The highest BCUT2D eigenvalue weighted by molar-refractivity contribution is 5.85. The lowest BCUT2D eigenvalue weighted by Crippen LogP contribution is -1.96. The number of fused-ring (bicyclic) bond motifs is 1. The Morgan fingerprint density at radius 1 is 1.31 bits per heavy atom. The van der Waals surface area contributed by atoms with Crippen LogP contribution in [0.5, 0.6) is 0 Å². The molecule has 0 unspecified atom stereocenters. The van der Waals surface area contributed by atoms with E-state index in [1.54, 1.807) is 0 Å². The number of rotatable bonds is 2. The van der Waals surface area contributed by atoms with Crippen LogP contribution in [0.4, 0.5) is 0 Å². The fraction of sp³-hybridized carbons (Fsp3) is 0.200. The van der Waals surface area contributed by atoms with Gasteiger partial charge in [0.25, 0.3) is 0 Å². The Labute approximate surface area is 76.2 Å². The van der Waals surface area contributed by atoms with Crippen LogP contribution in [0.2, 0.25) is 0 Å². The number of para-hydroxylation sites is 1. The summed E-state index contributed by atoms with van der Waals surface area (Å²) in [5, 5.41) is 10.1. The lowest BCUT2D eigenvalue weighted by Gasteiger charge is -1.99. The Kier molecular flexibility index (Phi) is 2.04. The molecule has 0 amide bonds. The van der Waals surface area contributed by atoms with Crippen LogP contribution in [0, 0.1) is 0 Å². The average molecular weight is 176 g/mol. The highest BCUT2D eigenvalue weighted by Crippen LogP contribution is 2.21. The summed E-state index contributed by atoms with van der Waals surface area (Å²) in [6.45, 7) is 0.580. The predicted octanol–water partition coefficient (Wildman–Crippen LogP) is 1.12. The van der Waals surface area contributed by atoms with Gasteiger partial charge < -0.3 is 15.8 Å². The average Bonchev–Trinajstić information content (AvgIpc) is 2.60. The zero-order chi connectivity index (χ0) is 9.26. The van der Waals surface area contributed by atoms with E-state index in [0.717, 1.165) is 22.0 Å². The van der Waals surface area contributed by atoms with Gasteiger partial charge in [-0.25, -0.2) is 0 Å². The third kappa shape index (κ3) is 1.22. The van der Waals surface area contributed by atoms with Gasteiger partial charge in [0, 0.05) is 23.7 Å². The summed E-state index contributed by atoms with van der Waals surface area (Å²) in [5.41, 5.74) is 8.62. The number of H-pyrrole nitrogens is 1. The number of benzene rings is 1. The molecule has 0 radical (unpaired) electrons. The quantitative estimate of drug-likeness (QED) is 0.642. The van der Waals surface area contributed by atoms with Crippen molar-refractivity contribution in [2.45, 2.75) is 13.2 Å². The maximum absolute atomic E-state index is 9.04. The van der Waals surface area contributed by atoms with Crippen molar-refractivity contribution in [2.24, 2.45) is 5.73 Å². The summed E-state index contributed by atoms with van der Waals surface area (Å²) in [7, 11) is 0. The fourth-order valence-electron chi connectivity index (χ4n) is 1.58. The summed E-state index contributed by atoms with van der Waals surface area (Å²) in [4.78, 5) is 3.12. The molecule has 0 aliphatic heterocycles. The third-order valence-corrected chi connectivity index (χ3v) is 2.28. The Morgan fingerprint density at radius 3 is 2.85 bits per heavy atom. The molecule has 3 heteroatoms. The molecule has 1 aromatic carbocycles. The molecule has 1 aromatic heterocycles. The van der Waals surface area contributed by atoms with E-state index in [-0.39, 0.29) is 6.61 Å². The van der Waals surface area contributed by atoms with Crippen LogP contribution < -0.4 is 5.73 Å². The minimum absolute atomic E-state index is 0.0635. The normalized spacial score (nSPS) is 10.9. The van der Waals surface area contributed by atoms with Crippen LogP contribution in [0.3, 0.4) is 0 Å². The Balaban J connectivity index is 2.72. The van der Waals surface area contributed by atoms with Gasteiger partial charge >= 0.3 is 0 Å². The van der Waals surface area contributed by atoms with E-state index < -0.39 is 0 Å². The van der Waals surface area contributed by atoms with Crippen molar-refractivity contribution in [3.8, 4) is 0 Å². The van der Waals surface area contributed by atoms with Crippen molar-refractivity contribution >= 4 is 10.9 Å². The SMILES string of the molecule is NCc1cccc2c(CO)c[nH]c12. The van der Waals surface area contributed by atoms with Crippen molar-refractivity contribution in [1.82, 2.24) is 4.98 Å². The zero-order valence-corrected chi connectivity index (χ0v) is 7.25. The van der Waals surface area contributed by atoms with Crippen molar-refractivity contribution in [1.29, 1.82) is 0 Å². The van der Waals surface area contributed by atoms with Gasteiger partial charge in [0.05, 0.1) is 12.1 Å². The van der Waals surface area contributed by atoms with Crippen LogP contribution in [0.25, 0.3) is 10.9 Å². The summed E-state index contributed by atoms with van der Waals surface area (Å²) in [6.07, 6.45) is 1.82. The Bertz CT molecular complexity index is 420. The van der Waals surface area contributed by atoms with E-state index in [9.17, 15) is 0 Å². The first-order chi connectivity index (χ1) is 6.36. The first kappa shape index (κ1) is 8.29. The van der Waals surface area contributed by atoms with Gasteiger partial charge in [-0.2, -0.15) is 0 Å². The lowest BCUT2D eigenvalue weighted by atomic mass is 10.1. The molecule has 0 aliphatic carbocycles. The van der Waals surface area contributed by atoms with Gasteiger partial charge in [0.15, 0.2) is 0 Å². The zero-order valence-electron chi connectivity index (χ0n) is 7.25. The number of nitrogens with two attached hydrogens (primary N) is 1. The van der Waals surface area contributed by atoms with E-state index in [4.69, 9.17) is 10.8 Å². The maximum Gasteiger partial charge on any atom is 0.0702 e. The molecule has 4 N–H and O–H groups in total. The molecule has 0 bridgehead atoms. The molecular formula is C10H12N2O. The lowest BCUT2D eigenvalue weighted by molar-refractivity contribution is 0.283. The number of hydrogen-bond donors (Lipinski definition) is 3. The van der Waals surface area contributed by atoms with Crippen molar-refractivity contribution < 1.29 is 5.11 Å². The number of aliphatic hydroxyl groups excluding tert-OH is 1. The summed E-state index contributed by atoms with van der Waals surface area (Å²) in [5.74, 6) is 0. The van der Waals surface area contributed by atoms with E-state index >= 15 is 0 Å². The van der Waals surface area contributed by atoms with Gasteiger partial charge in [-0.3, -0.25) is 0 Å². The molecule has 3 nitrogen and oxygen atoms in total. The molecule has 13 heavy (non-hydrogen) atoms. The van der Waals surface area contributed by atoms with Gasteiger partial charge in [0.2, 0.25) is 0 Å². The summed E-state index contributed by atoms with van der Waals surface area (Å²) in [6, 6.07) is 5.92. The molecule has 0 spiro atoms. The highest BCUT2D eigenvalue weighted by atomic mass is 16.3. The monoisotopic (exact) mass is 176 g/mol. The summed E-state index contributed by atoms with van der Waals surface area (Å²) >= 11 is 0. The Hall–Kier alpha value is -1.32. The maximum atomic E-state index is 9.04. The first-order valence-electron chi connectivity index (χ1n) is 4.25. The minimum atomic E-state index is 0.0635. The molecular weight excluding hydrogens is 164 g/mol. The van der Waals surface area contributed by atoms with Gasteiger partial charge in [0.1, 0.15) is 0 Å². The van der Waals surface area contributed by atoms with E-state index in [1.165, 1.54) is 0 Å². The van der Waals surface area contributed by atoms with Gasteiger partial charge in [-0.05, 0) is 5.56 Å². The minimum Gasteiger partial charge on any atom is -0.392 e.